The SMILES string of the molecule is c1ccc2c(c1)Oc1cc(-c3cccc4c3C3(c5ccccc5-4)c4ccccc4-c4c3ccc3ccccc43)cc3cccc-2c13. The first-order valence-corrected chi connectivity index (χ1v) is 16.0. The minimum absolute atomic E-state index is 0.444. The highest BCUT2D eigenvalue weighted by Gasteiger charge is 2.53. The van der Waals surface area contributed by atoms with E-state index in [-0.39, 0.29) is 0 Å². The third kappa shape index (κ3) is 2.87. The summed E-state index contributed by atoms with van der Waals surface area (Å²) in [7, 11) is 0. The fraction of sp³-hybridized carbons (Fsp3) is 0.0222. The molecule has 1 spiro atoms. The Bertz CT molecular complexity index is 2630. The van der Waals surface area contributed by atoms with Crippen LogP contribution >= 0.6 is 0 Å². The second kappa shape index (κ2) is 8.62. The predicted octanol–water partition coefficient (Wildman–Crippen LogP) is 11.8. The number of rotatable bonds is 1. The molecule has 46 heavy (non-hydrogen) atoms. The molecule has 11 rings (SSSR count). The van der Waals surface area contributed by atoms with Crippen LogP contribution in [0.3, 0.4) is 0 Å². The molecule has 8 aromatic rings. The Morgan fingerprint density at radius 1 is 0.391 bits per heavy atom. The highest BCUT2D eigenvalue weighted by molar-refractivity contribution is 6.09. The van der Waals surface area contributed by atoms with Crippen molar-refractivity contribution in [2.24, 2.45) is 0 Å². The van der Waals surface area contributed by atoms with Gasteiger partial charge in [-0.15, -0.1) is 0 Å². The molecule has 0 saturated heterocycles. The van der Waals surface area contributed by atoms with Gasteiger partial charge in [0.15, 0.2) is 0 Å². The molecule has 1 heteroatoms. The molecule has 3 aliphatic rings. The van der Waals surface area contributed by atoms with E-state index in [0.717, 1.165) is 17.1 Å². The molecule has 0 radical (unpaired) electrons. The normalized spacial score (nSPS) is 16.1. The Morgan fingerprint density at radius 3 is 1.96 bits per heavy atom. The van der Waals surface area contributed by atoms with Crippen LogP contribution in [0.4, 0.5) is 0 Å². The van der Waals surface area contributed by atoms with Crippen LogP contribution in [0, 0.1) is 0 Å². The van der Waals surface area contributed by atoms with Crippen LogP contribution in [-0.2, 0) is 5.41 Å². The highest BCUT2D eigenvalue weighted by Crippen LogP contribution is 2.65. The Balaban J connectivity index is 1.27. The van der Waals surface area contributed by atoms with Crippen molar-refractivity contribution < 1.29 is 4.74 Å². The maximum absolute atomic E-state index is 6.67. The van der Waals surface area contributed by atoms with Gasteiger partial charge in [-0.1, -0.05) is 140 Å². The number of benzene rings is 8. The fourth-order valence-electron chi connectivity index (χ4n) is 8.95. The van der Waals surface area contributed by atoms with Crippen LogP contribution in [0.2, 0.25) is 0 Å². The average molecular weight is 583 g/mol. The van der Waals surface area contributed by atoms with E-state index in [1.165, 1.54) is 82.7 Å². The van der Waals surface area contributed by atoms with Gasteiger partial charge in [-0.3, -0.25) is 0 Å². The Kier molecular flexibility index (Phi) is 4.57. The maximum atomic E-state index is 6.67. The van der Waals surface area contributed by atoms with E-state index < -0.39 is 5.41 Å². The molecule has 0 aromatic heterocycles. The van der Waals surface area contributed by atoms with Crippen molar-refractivity contribution in [2.45, 2.75) is 5.41 Å². The molecule has 0 bridgehead atoms. The molecule has 0 fully saturated rings. The van der Waals surface area contributed by atoms with E-state index in [4.69, 9.17) is 4.74 Å². The summed E-state index contributed by atoms with van der Waals surface area (Å²) in [4.78, 5) is 0. The molecule has 1 unspecified atom stereocenters. The van der Waals surface area contributed by atoms with Gasteiger partial charge in [-0.25, -0.2) is 0 Å². The Hall–Kier alpha value is -5.92. The highest BCUT2D eigenvalue weighted by atomic mass is 16.5. The summed E-state index contributed by atoms with van der Waals surface area (Å²) in [6.45, 7) is 0. The van der Waals surface area contributed by atoms with E-state index in [2.05, 4.69) is 158 Å². The first kappa shape index (κ1) is 24.4. The molecule has 1 aliphatic heterocycles. The van der Waals surface area contributed by atoms with Crippen molar-refractivity contribution >= 4 is 21.5 Å². The number of hydrogen-bond acceptors (Lipinski definition) is 1. The first-order chi connectivity index (χ1) is 22.8. The standard InChI is InChI=1S/C45H26O/c1-2-13-30-27(11-1)23-24-39-43(30)36-16-4-7-21-38(36)45(39)37-20-6-3-14-32(37)35-19-10-17-31(44(35)45)29-25-28-12-9-18-34-33-15-5-8-22-40(33)46-41(26-29)42(28)34/h1-26H. The summed E-state index contributed by atoms with van der Waals surface area (Å²) in [5.74, 6) is 1.83. The van der Waals surface area contributed by atoms with Gasteiger partial charge in [-0.05, 0) is 95.6 Å². The Morgan fingerprint density at radius 2 is 1.04 bits per heavy atom. The molecule has 8 aromatic carbocycles. The molecular formula is C45H26O. The summed E-state index contributed by atoms with van der Waals surface area (Å²) in [6, 6.07) is 58.2. The molecule has 0 saturated carbocycles. The van der Waals surface area contributed by atoms with Crippen LogP contribution in [0.5, 0.6) is 11.5 Å². The first-order valence-electron chi connectivity index (χ1n) is 16.0. The van der Waals surface area contributed by atoms with E-state index in [9.17, 15) is 0 Å². The lowest BCUT2D eigenvalue weighted by molar-refractivity contribution is 0.487. The van der Waals surface area contributed by atoms with Gasteiger partial charge in [0.2, 0.25) is 0 Å². The smallest absolute Gasteiger partial charge is 0.136 e. The third-order valence-corrected chi connectivity index (χ3v) is 10.6. The third-order valence-electron chi connectivity index (χ3n) is 10.6. The topological polar surface area (TPSA) is 9.23 Å². The quantitative estimate of drug-likeness (QED) is 0.187. The van der Waals surface area contributed by atoms with Gasteiger partial charge in [-0.2, -0.15) is 0 Å². The van der Waals surface area contributed by atoms with Crippen molar-refractivity contribution in [3.05, 3.63) is 180 Å². The molecule has 0 amide bonds. The number of para-hydroxylation sites is 1. The second-order valence-corrected chi connectivity index (χ2v) is 12.8. The Labute approximate surface area is 267 Å². The van der Waals surface area contributed by atoms with Crippen molar-refractivity contribution in [1.29, 1.82) is 0 Å². The molecule has 2 aliphatic carbocycles. The van der Waals surface area contributed by atoms with Gasteiger partial charge >= 0.3 is 0 Å². The summed E-state index contributed by atoms with van der Waals surface area (Å²) >= 11 is 0. The van der Waals surface area contributed by atoms with E-state index in [1.807, 2.05) is 0 Å². The average Bonchev–Trinajstić information content (AvgIpc) is 3.59. The zero-order chi connectivity index (χ0) is 30.0. The number of ether oxygens (including phenoxy) is 1. The van der Waals surface area contributed by atoms with Crippen LogP contribution in [0.1, 0.15) is 22.3 Å². The zero-order valence-corrected chi connectivity index (χ0v) is 24.9. The van der Waals surface area contributed by atoms with Crippen molar-refractivity contribution in [3.8, 4) is 56.0 Å². The lowest BCUT2D eigenvalue weighted by Gasteiger charge is -2.32. The minimum atomic E-state index is -0.444. The lowest BCUT2D eigenvalue weighted by atomic mass is 9.68. The van der Waals surface area contributed by atoms with Crippen molar-refractivity contribution in [1.82, 2.24) is 0 Å². The van der Waals surface area contributed by atoms with Gasteiger partial charge in [0.05, 0.1) is 5.41 Å². The molecule has 1 nitrogen and oxygen atoms in total. The van der Waals surface area contributed by atoms with Crippen LogP contribution in [-0.4, -0.2) is 0 Å². The monoisotopic (exact) mass is 582 g/mol. The minimum Gasteiger partial charge on any atom is -0.456 e. The zero-order valence-electron chi connectivity index (χ0n) is 24.9. The van der Waals surface area contributed by atoms with Gasteiger partial charge in [0, 0.05) is 10.9 Å². The van der Waals surface area contributed by atoms with E-state index in [1.54, 1.807) is 0 Å². The summed E-state index contributed by atoms with van der Waals surface area (Å²) in [5.41, 5.74) is 15.1. The molecular weight excluding hydrogens is 556 g/mol. The second-order valence-electron chi connectivity index (χ2n) is 12.8. The van der Waals surface area contributed by atoms with Gasteiger partial charge in [0.1, 0.15) is 11.5 Å². The van der Waals surface area contributed by atoms with E-state index in [0.29, 0.717) is 0 Å². The van der Waals surface area contributed by atoms with Crippen LogP contribution in [0.25, 0.3) is 66.1 Å². The predicted molar refractivity (Wildman–Crippen MR) is 189 cm³/mol. The lowest BCUT2D eigenvalue weighted by Crippen LogP contribution is -2.26. The summed E-state index contributed by atoms with van der Waals surface area (Å²) < 4.78 is 6.67. The van der Waals surface area contributed by atoms with Crippen molar-refractivity contribution in [2.75, 3.05) is 0 Å². The number of fused-ring (bicyclic) bond motifs is 14. The van der Waals surface area contributed by atoms with E-state index >= 15 is 0 Å². The molecule has 1 atom stereocenters. The molecule has 212 valence electrons. The van der Waals surface area contributed by atoms with Crippen LogP contribution in [0.15, 0.2) is 158 Å². The molecule has 0 N–H and O–H groups in total. The fourth-order valence-corrected chi connectivity index (χ4v) is 8.95. The van der Waals surface area contributed by atoms with Crippen molar-refractivity contribution in [3.63, 3.8) is 0 Å². The summed E-state index contributed by atoms with van der Waals surface area (Å²) in [5, 5.41) is 4.95. The summed E-state index contributed by atoms with van der Waals surface area (Å²) in [6.07, 6.45) is 0. The largest absolute Gasteiger partial charge is 0.456 e. The molecule has 1 heterocycles. The van der Waals surface area contributed by atoms with Gasteiger partial charge < -0.3 is 4.74 Å². The maximum Gasteiger partial charge on any atom is 0.136 e. The van der Waals surface area contributed by atoms with Gasteiger partial charge in [0.25, 0.3) is 0 Å². The number of hydrogen-bond donors (Lipinski definition) is 0. The van der Waals surface area contributed by atoms with Crippen LogP contribution < -0.4 is 4.74 Å².